The molecule has 164 valence electrons. The van der Waals surface area contributed by atoms with Gasteiger partial charge in [-0.2, -0.15) is 0 Å². The lowest BCUT2D eigenvalue weighted by molar-refractivity contribution is 0.0578. The summed E-state index contributed by atoms with van der Waals surface area (Å²) in [7, 11) is 3.18. The first-order chi connectivity index (χ1) is 14.8. The number of carbonyl (C=O) groups is 1. The normalized spacial score (nSPS) is 13.7. The average Bonchev–Trinajstić information content (AvgIpc) is 3.42. The van der Waals surface area contributed by atoms with Crippen LogP contribution in [0.1, 0.15) is 33.6 Å². The van der Waals surface area contributed by atoms with Crippen molar-refractivity contribution in [1.29, 1.82) is 0 Å². The lowest BCUT2D eigenvalue weighted by Gasteiger charge is -2.27. The maximum Gasteiger partial charge on any atom is 0.415 e. The van der Waals surface area contributed by atoms with Crippen LogP contribution in [0, 0.1) is 0 Å². The Hall–Kier alpha value is -3.49. The van der Waals surface area contributed by atoms with Crippen molar-refractivity contribution in [3.63, 3.8) is 0 Å². The molecule has 2 heterocycles. The zero-order valence-corrected chi connectivity index (χ0v) is 18.4. The number of anilines is 3. The first kappa shape index (κ1) is 20.8. The van der Waals surface area contributed by atoms with Crippen LogP contribution in [-0.2, 0) is 4.74 Å². The van der Waals surface area contributed by atoms with Crippen LogP contribution in [0.4, 0.5) is 22.0 Å². The summed E-state index contributed by atoms with van der Waals surface area (Å²) >= 11 is 0. The lowest BCUT2D eigenvalue weighted by atomic mass is 10.2. The summed E-state index contributed by atoms with van der Waals surface area (Å²) in [5.41, 5.74) is 1.42. The number of carbonyl (C=O) groups excluding carboxylic acids is 1. The number of benzene rings is 1. The highest BCUT2D eigenvalue weighted by Gasteiger charge is 2.38. The minimum Gasteiger partial charge on any atom is -0.493 e. The third kappa shape index (κ3) is 4.50. The van der Waals surface area contributed by atoms with Crippen LogP contribution in [-0.4, -0.2) is 46.6 Å². The third-order valence-electron chi connectivity index (χ3n) is 4.76. The summed E-state index contributed by atoms with van der Waals surface area (Å²) in [5.74, 6) is 1.79. The topological polar surface area (TPSA) is 90.2 Å². The highest BCUT2D eigenvalue weighted by Crippen LogP contribution is 2.37. The monoisotopic (exact) mass is 425 g/mol. The van der Waals surface area contributed by atoms with Gasteiger partial charge in [-0.05, 0) is 45.7 Å². The van der Waals surface area contributed by atoms with Gasteiger partial charge in [0.1, 0.15) is 5.60 Å². The van der Waals surface area contributed by atoms with Crippen molar-refractivity contribution < 1.29 is 19.0 Å². The van der Waals surface area contributed by atoms with Crippen molar-refractivity contribution in [2.45, 2.75) is 45.3 Å². The molecule has 1 amide bonds. The molecule has 2 aromatic heterocycles. The van der Waals surface area contributed by atoms with E-state index in [-0.39, 0.29) is 12.1 Å². The SMILES string of the molecule is COc1ccc(Nc2cc(N(C(=O)OC(C)(C)C)C3CC3)c3nccn3n2)cc1OC. The van der Waals surface area contributed by atoms with E-state index in [0.29, 0.717) is 28.7 Å². The van der Waals surface area contributed by atoms with Gasteiger partial charge in [-0.25, -0.2) is 14.3 Å². The number of hydrogen-bond acceptors (Lipinski definition) is 7. The zero-order valence-electron chi connectivity index (χ0n) is 18.4. The van der Waals surface area contributed by atoms with Gasteiger partial charge in [0.15, 0.2) is 23.0 Å². The summed E-state index contributed by atoms with van der Waals surface area (Å²) in [6.45, 7) is 5.58. The molecule has 0 spiro atoms. The Bertz CT molecular complexity index is 1100. The number of rotatable bonds is 6. The molecule has 0 unspecified atom stereocenters. The smallest absolute Gasteiger partial charge is 0.415 e. The largest absolute Gasteiger partial charge is 0.493 e. The zero-order chi connectivity index (χ0) is 22.2. The van der Waals surface area contributed by atoms with Gasteiger partial charge in [0.25, 0.3) is 0 Å². The van der Waals surface area contributed by atoms with Gasteiger partial charge in [-0.15, -0.1) is 5.10 Å². The molecule has 1 aromatic carbocycles. The van der Waals surface area contributed by atoms with Crippen LogP contribution >= 0.6 is 0 Å². The molecule has 9 heteroatoms. The molecule has 3 aromatic rings. The molecule has 4 rings (SSSR count). The fraction of sp³-hybridized carbons (Fsp3) is 0.409. The first-order valence-electron chi connectivity index (χ1n) is 10.1. The van der Waals surface area contributed by atoms with E-state index >= 15 is 0 Å². The minimum atomic E-state index is -0.594. The molecule has 0 radical (unpaired) electrons. The van der Waals surface area contributed by atoms with Gasteiger partial charge >= 0.3 is 6.09 Å². The lowest BCUT2D eigenvalue weighted by Crippen LogP contribution is -2.38. The van der Waals surface area contributed by atoms with Crippen molar-refractivity contribution >= 4 is 28.9 Å². The minimum absolute atomic E-state index is 0.0895. The number of methoxy groups -OCH3 is 2. The van der Waals surface area contributed by atoms with E-state index in [9.17, 15) is 4.79 Å². The molecule has 9 nitrogen and oxygen atoms in total. The summed E-state index contributed by atoms with van der Waals surface area (Å²) in [4.78, 5) is 19.1. The maximum absolute atomic E-state index is 13.0. The first-order valence-corrected chi connectivity index (χ1v) is 10.1. The molecule has 0 saturated heterocycles. The van der Waals surface area contributed by atoms with E-state index in [0.717, 1.165) is 18.5 Å². The molecule has 0 bridgehead atoms. The summed E-state index contributed by atoms with van der Waals surface area (Å²) in [6.07, 6.45) is 4.87. The third-order valence-corrected chi connectivity index (χ3v) is 4.76. The number of nitrogens with zero attached hydrogens (tertiary/aromatic N) is 4. The Morgan fingerprint density at radius 1 is 1.16 bits per heavy atom. The highest BCUT2D eigenvalue weighted by molar-refractivity contribution is 5.94. The summed E-state index contributed by atoms with van der Waals surface area (Å²) in [5, 5.41) is 7.86. The number of nitrogens with one attached hydrogen (secondary N) is 1. The summed E-state index contributed by atoms with van der Waals surface area (Å²) in [6, 6.07) is 7.42. The van der Waals surface area contributed by atoms with E-state index in [1.54, 1.807) is 36.0 Å². The fourth-order valence-corrected chi connectivity index (χ4v) is 3.29. The fourth-order valence-electron chi connectivity index (χ4n) is 3.29. The molecule has 1 N–H and O–H groups in total. The van der Waals surface area contributed by atoms with Gasteiger partial charge < -0.3 is 19.5 Å². The van der Waals surface area contributed by atoms with Gasteiger partial charge in [0.2, 0.25) is 0 Å². The molecule has 1 aliphatic carbocycles. The Balaban J connectivity index is 1.72. The molecular weight excluding hydrogens is 398 g/mol. The van der Waals surface area contributed by atoms with Crippen LogP contribution < -0.4 is 19.7 Å². The molecule has 31 heavy (non-hydrogen) atoms. The number of fused-ring (bicyclic) bond motifs is 1. The Morgan fingerprint density at radius 3 is 2.55 bits per heavy atom. The van der Waals surface area contributed by atoms with Crippen molar-refractivity contribution in [3.05, 3.63) is 36.7 Å². The second-order valence-electron chi connectivity index (χ2n) is 8.39. The predicted octanol–water partition coefficient (Wildman–Crippen LogP) is 4.39. The predicted molar refractivity (Wildman–Crippen MR) is 118 cm³/mol. The number of amides is 1. The van der Waals surface area contributed by atoms with Gasteiger partial charge in [-0.1, -0.05) is 0 Å². The Kier molecular flexibility index (Phi) is 5.34. The van der Waals surface area contributed by atoms with Crippen molar-refractivity contribution in [2.24, 2.45) is 0 Å². The van der Waals surface area contributed by atoms with Crippen molar-refractivity contribution in [3.8, 4) is 11.5 Å². The molecule has 0 aliphatic heterocycles. The number of hydrogen-bond donors (Lipinski definition) is 1. The molecule has 1 saturated carbocycles. The van der Waals surface area contributed by atoms with Crippen LogP contribution in [0.2, 0.25) is 0 Å². The van der Waals surface area contributed by atoms with Crippen LogP contribution in [0.25, 0.3) is 5.65 Å². The highest BCUT2D eigenvalue weighted by atomic mass is 16.6. The quantitative estimate of drug-likeness (QED) is 0.626. The maximum atomic E-state index is 13.0. The van der Waals surface area contributed by atoms with E-state index in [1.165, 1.54) is 0 Å². The average molecular weight is 425 g/mol. The standard InChI is InChI=1S/C22H27N5O4/c1-22(2,3)31-21(28)27(15-7-8-15)16-13-19(25-26-11-10-23-20(16)26)24-14-6-9-17(29-4)18(12-14)30-5/h6,9-13,15H,7-8H2,1-5H3,(H,24,25). The van der Waals surface area contributed by atoms with Gasteiger partial charge in [-0.3, -0.25) is 4.90 Å². The Morgan fingerprint density at radius 2 is 1.90 bits per heavy atom. The number of imidazole rings is 1. The number of aromatic nitrogens is 3. The second-order valence-corrected chi connectivity index (χ2v) is 8.39. The molecular formula is C22H27N5O4. The van der Waals surface area contributed by atoms with E-state index < -0.39 is 5.60 Å². The van der Waals surface area contributed by atoms with E-state index in [2.05, 4.69) is 15.4 Å². The van der Waals surface area contributed by atoms with Gasteiger partial charge in [0, 0.05) is 36.3 Å². The van der Waals surface area contributed by atoms with Crippen LogP contribution in [0.3, 0.4) is 0 Å². The van der Waals surface area contributed by atoms with E-state index in [4.69, 9.17) is 14.2 Å². The van der Waals surface area contributed by atoms with Crippen LogP contribution in [0.15, 0.2) is 36.7 Å². The summed E-state index contributed by atoms with van der Waals surface area (Å²) < 4.78 is 18.0. The molecule has 1 fully saturated rings. The van der Waals surface area contributed by atoms with Gasteiger partial charge in [0.05, 0.1) is 19.9 Å². The number of ether oxygens (including phenoxy) is 3. The van der Waals surface area contributed by atoms with Crippen molar-refractivity contribution in [2.75, 3.05) is 24.4 Å². The molecule has 0 atom stereocenters. The van der Waals surface area contributed by atoms with Crippen molar-refractivity contribution in [1.82, 2.24) is 14.6 Å². The van der Waals surface area contributed by atoms with E-state index in [1.807, 2.05) is 45.0 Å². The second kappa shape index (κ2) is 7.98. The molecule has 1 aliphatic rings. The van der Waals surface area contributed by atoms with Crippen LogP contribution in [0.5, 0.6) is 11.5 Å². The Labute approximate surface area is 180 Å².